The lowest BCUT2D eigenvalue weighted by atomic mass is 9.79. The molecule has 1 aromatic heterocycles. The molecule has 2 aromatic rings. The Hall–Kier alpha value is -2.36. The molecule has 1 N–H and O–H groups in total. The number of hydrogen-bond donors (Lipinski definition) is 1. The van der Waals surface area contributed by atoms with Crippen LogP contribution in [-0.2, 0) is 4.74 Å². The zero-order valence-electron chi connectivity index (χ0n) is 13.1. The number of para-hydroxylation sites is 1. The molecule has 1 aliphatic rings. The number of ether oxygens (including phenoxy) is 1. The number of nitrogens with zero attached hydrogens (tertiary/aromatic N) is 1. The van der Waals surface area contributed by atoms with Crippen molar-refractivity contribution in [2.75, 3.05) is 6.61 Å². The van der Waals surface area contributed by atoms with Gasteiger partial charge in [-0.15, -0.1) is 0 Å². The molecule has 4 nitrogen and oxygen atoms in total. The third-order valence-corrected chi connectivity index (χ3v) is 4.29. The lowest BCUT2D eigenvalue weighted by molar-refractivity contribution is 0.157. The van der Waals surface area contributed by atoms with E-state index < -0.39 is 6.09 Å². The van der Waals surface area contributed by atoms with Crippen molar-refractivity contribution >= 4 is 22.7 Å². The highest BCUT2D eigenvalue weighted by Crippen LogP contribution is 2.40. The first-order valence-electron chi connectivity index (χ1n) is 7.65. The monoisotopic (exact) mass is 296 g/mol. The number of hydrogen-bond acceptors (Lipinski definition) is 3. The summed E-state index contributed by atoms with van der Waals surface area (Å²) in [5, 5.41) is 4.00. The number of carbonyl (C=O) groups excluding carboxylic acids is 1. The van der Waals surface area contributed by atoms with Gasteiger partial charge in [0.05, 0.1) is 12.1 Å². The van der Waals surface area contributed by atoms with E-state index in [0.717, 1.165) is 22.2 Å². The summed E-state index contributed by atoms with van der Waals surface area (Å²) < 4.78 is 5.00. The van der Waals surface area contributed by atoms with E-state index >= 15 is 0 Å². The molecule has 0 bridgehead atoms. The van der Waals surface area contributed by atoms with Crippen molar-refractivity contribution in [3.63, 3.8) is 0 Å². The molecule has 0 radical (unpaired) electrons. The minimum Gasteiger partial charge on any atom is -0.450 e. The van der Waals surface area contributed by atoms with Crippen LogP contribution in [0.15, 0.2) is 36.5 Å². The summed E-state index contributed by atoms with van der Waals surface area (Å²) in [5.41, 5.74) is 4.00. The van der Waals surface area contributed by atoms with Crippen LogP contribution in [0.2, 0.25) is 0 Å². The summed E-state index contributed by atoms with van der Waals surface area (Å²) in [6.07, 6.45) is 3.51. The molecular weight excluding hydrogens is 276 g/mol. The van der Waals surface area contributed by atoms with Crippen LogP contribution in [0.5, 0.6) is 0 Å². The second-order valence-electron chi connectivity index (χ2n) is 5.68. The summed E-state index contributed by atoms with van der Waals surface area (Å²) in [6, 6.07) is 8.13. The topological polar surface area (TPSA) is 51.2 Å². The maximum atomic E-state index is 11.8. The molecule has 0 aliphatic heterocycles. The number of aromatic nitrogens is 1. The van der Waals surface area contributed by atoms with Crippen LogP contribution in [0.4, 0.5) is 4.79 Å². The van der Waals surface area contributed by atoms with Gasteiger partial charge in [-0.1, -0.05) is 38.1 Å². The van der Waals surface area contributed by atoms with Crippen LogP contribution >= 0.6 is 0 Å². The molecule has 1 aromatic carbocycles. The van der Waals surface area contributed by atoms with Gasteiger partial charge < -0.3 is 4.74 Å². The molecule has 0 saturated carbocycles. The number of allylic oxidation sites excluding steroid dienone is 1. The van der Waals surface area contributed by atoms with E-state index in [2.05, 4.69) is 36.3 Å². The van der Waals surface area contributed by atoms with Crippen molar-refractivity contribution in [1.29, 1.82) is 0 Å². The Bertz CT molecular complexity index is 752. The Labute approximate surface area is 130 Å². The van der Waals surface area contributed by atoms with E-state index in [9.17, 15) is 4.79 Å². The van der Waals surface area contributed by atoms with Gasteiger partial charge in [0.2, 0.25) is 0 Å². The average molecular weight is 296 g/mol. The molecule has 0 spiro atoms. The quantitative estimate of drug-likeness (QED) is 0.908. The van der Waals surface area contributed by atoms with Crippen molar-refractivity contribution in [3.05, 3.63) is 47.7 Å². The van der Waals surface area contributed by atoms with Crippen LogP contribution in [0.25, 0.3) is 16.6 Å². The average Bonchev–Trinajstić information content (AvgIpc) is 2.51. The van der Waals surface area contributed by atoms with Crippen molar-refractivity contribution < 1.29 is 9.53 Å². The normalized spacial score (nSPS) is 20.2. The Morgan fingerprint density at radius 1 is 1.32 bits per heavy atom. The minimum absolute atomic E-state index is 0.329. The molecule has 2 atom stereocenters. The van der Waals surface area contributed by atoms with E-state index in [4.69, 9.17) is 4.74 Å². The number of fused-ring (bicyclic) bond motifs is 3. The van der Waals surface area contributed by atoms with Gasteiger partial charge in [0, 0.05) is 22.8 Å². The van der Waals surface area contributed by atoms with E-state index in [1.54, 1.807) is 6.92 Å². The van der Waals surface area contributed by atoms with Crippen LogP contribution in [0, 0.1) is 5.92 Å². The lowest BCUT2D eigenvalue weighted by Gasteiger charge is -2.29. The fraction of sp³-hybridized carbons (Fsp3) is 0.333. The molecule has 1 amide bonds. The van der Waals surface area contributed by atoms with Gasteiger partial charge in [0.15, 0.2) is 0 Å². The highest BCUT2D eigenvalue weighted by atomic mass is 16.5. The third kappa shape index (κ3) is 2.45. The molecule has 0 fully saturated rings. The maximum Gasteiger partial charge on any atom is 0.411 e. The Balaban J connectivity index is 2.11. The molecule has 22 heavy (non-hydrogen) atoms. The van der Waals surface area contributed by atoms with Crippen molar-refractivity contribution in [3.8, 4) is 0 Å². The number of amides is 1. The zero-order chi connectivity index (χ0) is 15.7. The molecule has 4 heteroatoms. The first kappa shape index (κ1) is 14.6. The van der Waals surface area contributed by atoms with E-state index in [0.29, 0.717) is 18.4 Å². The number of pyridine rings is 1. The highest BCUT2D eigenvalue weighted by molar-refractivity contribution is 5.91. The zero-order valence-corrected chi connectivity index (χ0v) is 13.1. The van der Waals surface area contributed by atoms with Crippen molar-refractivity contribution in [2.24, 2.45) is 5.92 Å². The fourth-order valence-corrected chi connectivity index (χ4v) is 3.01. The number of nitrogens with one attached hydrogen (secondary N) is 1. The van der Waals surface area contributed by atoms with Gasteiger partial charge in [-0.25, -0.2) is 4.79 Å². The second-order valence-corrected chi connectivity index (χ2v) is 5.68. The Kier molecular flexibility index (Phi) is 3.84. The van der Waals surface area contributed by atoms with Crippen LogP contribution in [-0.4, -0.2) is 17.7 Å². The van der Waals surface area contributed by atoms with Crippen molar-refractivity contribution in [2.45, 2.75) is 26.7 Å². The van der Waals surface area contributed by atoms with Gasteiger partial charge in [-0.05, 0) is 30.4 Å². The van der Waals surface area contributed by atoms with E-state index in [-0.39, 0.29) is 0 Å². The molecular formula is C18H20N2O2. The van der Waals surface area contributed by atoms with Gasteiger partial charge in [-0.2, -0.15) is 0 Å². The van der Waals surface area contributed by atoms with Crippen LogP contribution in [0.1, 0.15) is 37.8 Å². The van der Waals surface area contributed by atoms with Crippen LogP contribution in [0.3, 0.4) is 0 Å². The first-order chi connectivity index (χ1) is 10.6. The first-order valence-corrected chi connectivity index (χ1v) is 7.65. The highest BCUT2D eigenvalue weighted by Gasteiger charge is 2.27. The Morgan fingerprint density at radius 2 is 2.09 bits per heavy atom. The molecule has 114 valence electrons. The molecule has 1 heterocycles. The summed E-state index contributed by atoms with van der Waals surface area (Å²) in [6.45, 7) is 6.53. The van der Waals surface area contributed by atoms with Gasteiger partial charge in [0.25, 0.3) is 0 Å². The summed E-state index contributed by atoms with van der Waals surface area (Å²) >= 11 is 0. The van der Waals surface area contributed by atoms with Gasteiger partial charge in [0.1, 0.15) is 0 Å². The number of alkyl carbamates (subject to hydrolysis) is 1. The number of rotatable bonds is 2. The van der Waals surface area contributed by atoms with Crippen LogP contribution < -0.4 is 5.32 Å². The Morgan fingerprint density at radius 3 is 2.86 bits per heavy atom. The molecule has 2 unspecified atom stereocenters. The molecule has 3 rings (SSSR count). The molecule has 1 aliphatic carbocycles. The second kappa shape index (κ2) is 5.79. The maximum absolute atomic E-state index is 11.8. The summed E-state index contributed by atoms with van der Waals surface area (Å²) in [5.74, 6) is 0.700. The van der Waals surface area contributed by atoms with Gasteiger partial charge in [-0.3, -0.25) is 10.3 Å². The predicted molar refractivity (Wildman–Crippen MR) is 87.5 cm³/mol. The van der Waals surface area contributed by atoms with E-state index in [1.165, 1.54) is 5.56 Å². The third-order valence-electron chi connectivity index (χ3n) is 4.29. The summed E-state index contributed by atoms with van der Waals surface area (Å²) in [7, 11) is 0. The predicted octanol–water partition coefficient (Wildman–Crippen LogP) is 4.08. The molecule has 0 saturated heterocycles. The largest absolute Gasteiger partial charge is 0.450 e. The number of benzene rings is 1. The van der Waals surface area contributed by atoms with E-state index in [1.807, 2.05) is 24.4 Å². The number of carbonyl (C=O) groups is 1. The fourth-order valence-electron chi connectivity index (χ4n) is 3.01. The minimum atomic E-state index is -0.422. The van der Waals surface area contributed by atoms with Crippen molar-refractivity contribution in [1.82, 2.24) is 10.3 Å². The van der Waals surface area contributed by atoms with Gasteiger partial charge >= 0.3 is 6.09 Å². The SMILES string of the molecule is CCOC(=O)NC1=CC(C)C(C)c2c1cnc1ccccc21. The lowest BCUT2D eigenvalue weighted by Crippen LogP contribution is -2.27. The standard InChI is InChI=1S/C18H20N2O2/c1-4-22-18(21)20-16-9-11(2)12(3)17-13-7-5-6-8-15(13)19-10-14(16)17/h5-12H,4H2,1-3H3,(H,20,21). The summed E-state index contributed by atoms with van der Waals surface area (Å²) in [4.78, 5) is 16.3. The smallest absolute Gasteiger partial charge is 0.411 e.